The minimum atomic E-state index is 0.0533. The standard InChI is InChI=1S/C19H19BrN4O2/c1-25-17-7-6-13(9-18(17)26-2)16-10-15(12-4-3-5-14(20)8-12)23-19-21-11-22-24(16)19/h3-9,11,15-16H,10H2,1-2H3,(H,21,22,23)/t15-,16+/m0/s1. The lowest BCUT2D eigenvalue weighted by atomic mass is 9.93. The SMILES string of the molecule is COc1ccc([C@H]2C[C@@H](c3cccc(Br)c3)Nc3ncnn32)cc1OC. The molecule has 0 saturated heterocycles. The highest BCUT2D eigenvalue weighted by atomic mass is 79.9. The van der Waals surface area contributed by atoms with Crippen LogP contribution in [0.2, 0.25) is 0 Å². The van der Waals surface area contributed by atoms with Gasteiger partial charge in [-0.3, -0.25) is 0 Å². The fourth-order valence-electron chi connectivity index (χ4n) is 3.40. The van der Waals surface area contributed by atoms with Gasteiger partial charge in [0.1, 0.15) is 6.33 Å². The molecular formula is C19H19BrN4O2. The van der Waals surface area contributed by atoms with Gasteiger partial charge in [0.25, 0.3) is 0 Å². The molecule has 1 aliphatic rings. The fraction of sp³-hybridized carbons (Fsp3) is 0.263. The number of nitrogens with one attached hydrogen (secondary N) is 1. The number of rotatable bonds is 4. The summed E-state index contributed by atoms with van der Waals surface area (Å²) in [6.07, 6.45) is 2.43. The molecule has 2 atom stereocenters. The third-order valence-electron chi connectivity index (χ3n) is 4.67. The van der Waals surface area contributed by atoms with Crippen molar-refractivity contribution in [3.8, 4) is 11.5 Å². The molecule has 0 unspecified atom stereocenters. The van der Waals surface area contributed by atoms with Crippen molar-refractivity contribution in [3.05, 3.63) is 64.4 Å². The lowest BCUT2D eigenvalue weighted by molar-refractivity contribution is 0.352. The van der Waals surface area contributed by atoms with E-state index < -0.39 is 0 Å². The Hall–Kier alpha value is -2.54. The Kier molecular flexibility index (Phi) is 4.55. The van der Waals surface area contributed by atoms with Crippen LogP contribution < -0.4 is 14.8 Å². The Morgan fingerprint density at radius 1 is 1.08 bits per heavy atom. The molecule has 134 valence electrons. The molecule has 2 aromatic carbocycles. The molecule has 0 fully saturated rings. The zero-order chi connectivity index (χ0) is 18.1. The molecule has 0 spiro atoms. The average Bonchev–Trinajstić information content (AvgIpc) is 3.15. The number of methoxy groups -OCH3 is 2. The average molecular weight is 415 g/mol. The molecule has 4 rings (SSSR count). The van der Waals surface area contributed by atoms with Crippen molar-refractivity contribution >= 4 is 21.9 Å². The molecular weight excluding hydrogens is 396 g/mol. The van der Waals surface area contributed by atoms with Crippen molar-refractivity contribution in [2.45, 2.75) is 18.5 Å². The molecule has 0 saturated carbocycles. The van der Waals surface area contributed by atoms with Crippen LogP contribution in [-0.2, 0) is 0 Å². The van der Waals surface area contributed by atoms with Crippen LogP contribution in [-0.4, -0.2) is 29.0 Å². The predicted octanol–water partition coefficient (Wildman–Crippen LogP) is 4.20. The van der Waals surface area contributed by atoms with Crippen molar-refractivity contribution < 1.29 is 9.47 Å². The van der Waals surface area contributed by atoms with Crippen LogP contribution >= 0.6 is 15.9 Å². The minimum absolute atomic E-state index is 0.0533. The van der Waals surface area contributed by atoms with Gasteiger partial charge in [-0.05, 0) is 41.8 Å². The van der Waals surface area contributed by atoms with Crippen molar-refractivity contribution in [3.63, 3.8) is 0 Å². The van der Waals surface area contributed by atoms with Gasteiger partial charge in [0.2, 0.25) is 5.95 Å². The topological polar surface area (TPSA) is 61.2 Å². The molecule has 1 N–H and O–H groups in total. The monoisotopic (exact) mass is 414 g/mol. The Bertz CT molecular complexity index is 927. The largest absolute Gasteiger partial charge is 0.493 e. The number of fused-ring (bicyclic) bond motifs is 1. The summed E-state index contributed by atoms with van der Waals surface area (Å²) in [6, 6.07) is 14.5. The van der Waals surface area contributed by atoms with Crippen molar-refractivity contribution in [2.24, 2.45) is 0 Å². The van der Waals surface area contributed by atoms with Gasteiger partial charge in [0.05, 0.1) is 26.3 Å². The highest BCUT2D eigenvalue weighted by Gasteiger charge is 2.30. The van der Waals surface area contributed by atoms with Gasteiger partial charge >= 0.3 is 0 Å². The lowest BCUT2D eigenvalue weighted by Gasteiger charge is -2.32. The summed E-state index contributed by atoms with van der Waals surface area (Å²) >= 11 is 3.56. The highest BCUT2D eigenvalue weighted by Crippen LogP contribution is 2.40. The van der Waals surface area contributed by atoms with E-state index in [2.05, 4.69) is 49.5 Å². The molecule has 2 heterocycles. The molecule has 0 radical (unpaired) electrons. The van der Waals surface area contributed by atoms with Crippen molar-refractivity contribution in [1.29, 1.82) is 0 Å². The smallest absolute Gasteiger partial charge is 0.222 e. The summed E-state index contributed by atoms with van der Waals surface area (Å²) in [4.78, 5) is 4.38. The molecule has 7 heteroatoms. The molecule has 1 aromatic heterocycles. The third kappa shape index (κ3) is 3.03. The van der Waals surface area contributed by atoms with E-state index in [9.17, 15) is 0 Å². The molecule has 0 aliphatic carbocycles. The van der Waals surface area contributed by atoms with Crippen LogP contribution in [0.5, 0.6) is 11.5 Å². The lowest BCUT2D eigenvalue weighted by Crippen LogP contribution is -2.28. The van der Waals surface area contributed by atoms with E-state index in [0.717, 1.165) is 22.4 Å². The number of nitrogens with zero attached hydrogens (tertiary/aromatic N) is 3. The van der Waals surface area contributed by atoms with Crippen molar-refractivity contribution in [2.75, 3.05) is 19.5 Å². The highest BCUT2D eigenvalue weighted by molar-refractivity contribution is 9.10. The molecule has 6 nitrogen and oxygen atoms in total. The normalized spacial score (nSPS) is 18.7. The zero-order valence-corrected chi connectivity index (χ0v) is 16.1. The Balaban J connectivity index is 1.74. The van der Waals surface area contributed by atoms with Crippen LogP contribution in [0.15, 0.2) is 53.3 Å². The predicted molar refractivity (Wildman–Crippen MR) is 103 cm³/mol. The van der Waals surface area contributed by atoms with Crippen LogP contribution in [0.4, 0.5) is 5.95 Å². The first kappa shape index (κ1) is 16.9. The molecule has 3 aromatic rings. The van der Waals surface area contributed by atoms with Gasteiger partial charge in [-0.25, -0.2) is 4.68 Å². The Morgan fingerprint density at radius 3 is 2.69 bits per heavy atom. The van der Waals surface area contributed by atoms with Crippen LogP contribution in [0.25, 0.3) is 0 Å². The van der Waals surface area contributed by atoms with E-state index >= 15 is 0 Å². The minimum Gasteiger partial charge on any atom is -0.493 e. The number of halogens is 1. The first-order valence-electron chi connectivity index (χ1n) is 8.33. The summed E-state index contributed by atoms with van der Waals surface area (Å²) in [5.41, 5.74) is 2.31. The van der Waals surface area contributed by atoms with Crippen molar-refractivity contribution in [1.82, 2.24) is 14.8 Å². The molecule has 0 bridgehead atoms. The van der Waals surface area contributed by atoms with E-state index in [4.69, 9.17) is 9.47 Å². The fourth-order valence-corrected chi connectivity index (χ4v) is 3.82. The van der Waals surface area contributed by atoms with E-state index in [0.29, 0.717) is 11.5 Å². The van der Waals surface area contributed by atoms with Crippen LogP contribution in [0.3, 0.4) is 0 Å². The van der Waals surface area contributed by atoms with Gasteiger partial charge in [0.15, 0.2) is 11.5 Å². The van der Waals surface area contributed by atoms with Gasteiger partial charge in [0, 0.05) is 4.47 Å². The van der Waals surface area contributed by atoms with Gasteiger partial charge in [-0.1, -0.05) is 34.1 Å². The summed E-state index contributed by atoms with van der Waals surface area (Å²) in [5, 5.41) is 7.90. The number of benzene rings is 2. The number of hydrogen-bond donors (Lipinski definition) is 1. The van der Waals surface area contributed by atoms with Gasteiger partial charge in [-0.15, -0.1) is 0 Å². The third-order valence-corrected chi connectivity index (χ3v) is 5.17. The molecule has 0 amide bonds. The second-order valence-electron chi connectivity index (χ2n) is 6.15. The van der Waals surface area contributed by atoms with E-state index in [1.54, 1.807) is 20.5 Å². The summed E-state index contributed by atoms with van der Waals surface area (Å²) < 4.78 is 13.8. The number of anilines is 1. The molecule has 1 aliphatic heterocycles. The number of ether oxygens (including phenoxy) is 2. The van der Waals surface area contributed by atoms with E-state index in [1.165, 1.54) is 5.56 Å². The number of aromatic nitrogens is 3. The van der Waals surface area contributed by atoms with Crippen LogP contribution in [0, 0.1) is 0 Å². The quantitative estimate of drug-likeness (QED) is 0.692. The molecule has 26 heavy (non-hydrogen) atoms. The summed E-state index contributed by atoms with van der Waals surface area (Å²) in [5.74, 6) is 2.19. The van der Waals surface area contributed by atoms with E-state index in [-0.39, 0.29) is 12.1 Å². The maximum Gasteiger partial charge on any atom is 0.222 e. The van der Waals surface area contributed by atoms with Gasteiger partial charge < -0.3 is 14.8 Å². The van der Waals surface area contributed by atoms with Crippen LogP contribution in [0.1, 0.15) is 29.6 Å². The second kappa shape index (κ2) is 6.99. The Labute approximate surface area is 160 Å². The van der Waals surface area contributed by atoms with E-state index in [1.807, 2.05) is 28.9 Å². The first-order valence-corrected chi connectivity index (χ1v) is 9.12. The second-order valence-corrected chi connectivity index (χ2v) is 7.06. The summed E-state index contributed by atoms with van der Waals surface area (Å²) in [7, 11) is 3.29. The maximum absolute atomic E-state index is 5.47. The maximum atomic E-state index is 5.47. The Morgan fingerprint density at radius 2 is 1.92 bits per heavy atom. The zero-order valence-electron chi connectivity index (χ0n) is 14.5. The summed E-state index contributed by atoms with van der Waals surface area (Å²) in [6.45, 7) is 0. The van der Waals surface area contributed by atoms with Gasteiger partial charge in [-0.2, -0.15) is 10.1 Å². The number of hydrogen-bond acceptors (Lipinski definition) is 5. The first-order chi connectivity index (χ1) is 12.7.